The molecule has 1 heteroatoms. The van der Waals surface area contributed by atoms with E-state index in [1.807, 2.05) is 0 Å². The SMILES string of the molecule is C[C@H]1CC[C@H]2[C@@H]1CN([C@@H](C)c1ccccc1)C[C@@H]2C. The van der Waals surface area contributed by atoms with Gasteiger partial charge in [-0.3, -0.25) is 4.90 Å². The van der Waals surface area contributed by atoms with Crippen molar-refractivity contribution in [2.24, 2.45) is 23.7 Å². The summed E-state index contributed by atoms with van der Waals surface area (Å²) in [6, 6.07) is 11.6. The third-order valence-corrected chi connectivity index (χ3v) is 5.76. The number of likely N-dealkylation sites (tertiary alicyclic amines) is 1. The first-order valence-electron chi connectivity index (χ1n) is 7.96. The van der Waals surface area contributed by atoms with Crippen LogP contribution in [-0.4, -0.2) is 18.0 Å². The topological polar surface area (TPSA) is 3.24 Å². The van der Waals surface area contributed by atoms with Crippen molar-refractivity contribution in [2.45, 2.75) is 39.7 Å². The van der Waals surface area contributed by atoms with Gasteiger partial charge < -0.3 is 0 Å². The summed E-state index contributed by atoms with van der Waals surface area (Å²) < 4.78 is 0. The molecule has 1 aromatic carbocycles. The summed E-state index contributed by atoms with van der Waals surface area (Å²) in [5.41, 5.74) is 1.47. The highest BCUT2D eigenvalue weighted by molar-refractivity contribution is 5.18. The van der Waals surface area contributed by atoms with Crippen LogP contribution >= 0.6 is 0 Å². The second-order valence-electron chi connectivity index (χ2n) is 6.90. The molecule has 1 saturated heterocycles. The Kier molecular flexibility index (Phi) is 3.66. The third-order valence-electron chi connectivity index (χ3n) is 5.76. The van der Waals surface area contributed by atoms with Crippen LogP contribution in [-0.2, 0) is 0 Å². The first kappa shape index (κ1) is 13.2. The summed E-state index contributed by atoms with van der Waals surface area (Å²) in [6.45, 7) is 9.91. The van der Waals surface area contributed by atoms with Gasteiger partial charge in [0.25, 0.3) is 0 Å². The zero-order valence-electron chi connectivity index (χ0n) is 12.5. The third kappa shape index (κ3) is 2.45. The maximum absolute atomic E-state index is 2.73. The molecule has 0 spiro atoms. The van der Waals surface area contributed by atoms with Crippen molar-refractivity contribution in [3.8, 4) is 0 Å². The van der Waals surface area contributed by atoms with Crippen LogP contribution in [0.3, 0.4) is 0 Å². The molecule has 104 valence electrons. The van der Waals surface area contributed by atoms with E-state index in [-0.39, 0.29) is 0 Å². The molecule has 2 fully saturated rings. The average molecular weight is 257 g/mol. The second-order valence-corrected chi connectivity index (χ2v) is 6.90. The summed E-state index contributed by atoms with van der Waals surface area (Å²) in [4.78, 5) is 2.73. The largest absolute Gasteiger partial charge is 0.296 e. The lowest BCUT2D eigenvalue weighted by molar-refractivity contribution is 0.0468. The number of piperidine rings is 1. The number of benzene rings is 1. The van der Waals surface area contributed by atoms with E-state index >= 15 is 0 Å². The van der Waals surface area contributed by atoms with Gasteiger partial charge in [0.15, 0.2) is 0 Å². The average Bonchev–Trinajstić information content (AvgIpc) is 2.81. The van der Waals surface area contributed by atoms with Crippen LogP contribution in [0, 0.1) is 23.7 Å². The summed E-state index contributed by atoms with van der Waals surface area (Å²) in [7, 11) is 0. The lowest BCUT2D eigenvalue weighted by Crippen LogP contribution is -2.45. The highest BCUT2D eigenvalue weighted by atomic mass is 15.2. The van der Waals surface area contributed by atoms with Crippen LogP contribution in [0.25, 0.3) is 0 Å². The zero-order chi connectivity index (χ0) is 13.4. The van der Waals surface area contributed by atoms with Crippen LogP contribution in [0.4, 0.5) is 0 Å². The lowest BCUT2D eigenvalue weighted by atomic mass is 9.78. The first-order chi connectivity index (χ1) is 9.16. The Morgan fingerprint density at radius 1 is 0.947 bits per heavy atom. The molecular formula is C18H27N. The van der Waals surface area contributed by atoms with E-state index in [1.165, 1.54) is 31.5 Å². The van der Waals surface area contributed by atoms with Crippen molar-refractivity contribution in [3.05, 3.63) is 35.9 Å². The van der Waals surface area contributed by atoms with Crippen molar-refractivity contribution in [3.63, 3.8) is 0 Å². The predicted molar refractivity (Wildman–Crippen MR) is 81.0 cm³/mol. The number of rotatable bonds is 2. The molecule has 2 aliphatic rings. The van der Waals surface area contributed by atoms with Crippen LogP contribution in [0.5, 0.6) is 0 Å². The molecule has 0 aromatic heterocycles. The molecule has 0 radical (unpaired) electrons. The van der Waals surface area contributed by atoms with Gasteiger partial charge in [-0.2, -0.15) is 0 Å². The van der Waals surface area contributed by atoms with Gasteiger partial charge in [-0.05, 0) is 42.6 Å². The Hall–Kier alpha value is -0.820. The minimum absolute atomic E-state index is 0.567. The zero-order valence-corrected chi connectivity index (χ0v) is 12.5. The maximum Gasteiger partial charge on any atom is 0.0320 e. The summed E-state index contributed by atoms with van der Waals surface area (Å²) in [6.07, 6.45) is 2.92. The molecule has 1 saturated carbocycles. The van der Waals surface area contributed by atoms with E-state index in [0.29, 0.717) is 6.04 Å². The molecule has 1 nitrogen and oxygen atoms in total. The Bertz CT molecular complexity index is 413. The van der Waals surface area contributed by atoms with Gasteiger partial charge in [0, 0.05) is 19.1 Å². The van der Waals surface area contributed by atoms with Gasteiger partial charge in [0.05, 0.1) is 0 Å². The number of hydrogen-bond acceptors (Lipinski definition) is 1. The first-order valence-corrected chi connectivity index (χ1v) is 7.96. The van der Waals surface area contributed by atoms with Gasteiger partial charge in [-0.25, -0.2) is 0 Å². The fourth-order valence-electron chi connectivity index (χ4n) is 4.44. The standard InChI is InChI=1S/C18H27N/c1-13-9-10-17-14(2)11-19(12-18(13)17)15(3)16-7-5-4-6-8-16/h4-8,13-15,17-18H,9-12H2,1-3H3/t13-,14-,15-,17+,18+/m0/s1. The van der Waals surface area contributed by atoms with E-state index in [2.05, 4.69) is 56.0 Å². The van der Waals surface area contributed by atoms with E-state index in [1.54, 1.807) is 0 Å². The van der Waals surface area contributed by atoms with E-state index in [9.17, 15) is 0 Å². The van der Waals surface area contributed by atoms with Crippen LogP contribution in [0.2, 0.25) is 0 Å². The smallest absolute Gasteiger partial charge is 0.0320 e. The molecule has 0 N–H and O–H groups in total. The molecule has 19 heavy (non-hydrogen) atoms. The Morgan fingerprint density at radius 2 is 1.68 bits per heavy atom. The van der Waals surface area contributed by atoms with Gasteiger partial charge in [0.1, 0.15) is 0 Å². The second kappa shape index (κ2) is 5.28. The Balaban J connectivity index is 1.75. The summed E-state index contributed by atoms with van der Waals surface area (Å²) in [5.74, 6) is 3.73. The van der Waals surface area contributed by atoms with Crippen molar-refractivity contribution < 1.29 is 0 Å². The molecule has 0 unspecified atom stereocenters. The van der Waals surface area contributed by atoms with Crippen LogP contribution in [0.1, 0.15) is 45.2 Å². The molecule has 0 bridgehead atoms. The molecule has 1 aliphatic heterocycles. The molecular weight excluding hydrogens is 230 g/mol. The summed E-state index contributed by atoms with van der Waals surface area (Å²) >= 11 is 0. The quantitative estimate of drug-likeness (QED) is 0.761. The summed E-state index contributed by atoms with van der Waals surface area (Å²) in [5, 5.41) is 0. The molecule has 1 aromatic rings. The minimum atomic E-state index is 0.567. The monoisotopic (exact) mass is 257 g/mol. The minimum Gasteiger partial charge on any atom is -0.296 e. The number of nitrogens with zero attached hydrogens (tertiary/aromatic N) is 1. The maximum atomic E-state index is 2.73. The molecule has 5 atom stereocenters. The predicted octanol–water partition coefficient (Wildman–Crippen LogP) is 4.36. The lowest BCUT2D eigenvalue weighted by Gasteiger charge is -2.43. The van der Waals surface area contributed by atoms with Gasteiger partial charge in [0.2, 0.25) is 0 Å². The highest BCUT2D eigenvalue weighted by Crippen LogP contribution is 2.45. The van der Waals surface area contributed by atoms with Crippen molar-refractivity contribution in [2.75, 3.05) is 13.1 Å². The van der Waals surface area contributed by atoms with Gasteiger partial charge in [-0.1, -0.05) is 50.6 Å². The Labute approximate surface area is 118 Å². The fraction of sp³-hybridized carbons (Fsp3) is 0.667. The van der Waals surface area contributed by atoms with Gasteiger partial charge >= 0.3 is 0 Å². The normalized spacial score (nSPS) is 37.0. The van der Waals surface area contributed by atoms with E-state index in [4.69, 9.17) is 0 Å². The van der Waals surface area contributed by atoms with Crippen LogP contribution < -0.4 is 0 Å². The number of fused-ring (bicyclic) bond motifs is 1. The fourth-order valence-corrected chi connectivity index (χ4v) is 4.44. The van der Waals surface area contributed by atoms with Crippen LogP contribution in [0.15, 0.2) is 30.3 Å². The van der Waals surface area contributed by atoms with E-state index < -0.39 is 0 Å². The molecule has 1 heterocycles. The Morgan fingerprint density at radius 3 is 2.42 bits per heavy atom. The van der Waals surface area contributed by atoms with Crippen molar-refractivity contribution >= 4 is 0 Å². The molecule has 1 aliphatic carbocycles. The highest BCUT2D eigenvalue weighted by Gasteiger charge is 2.42. The van der Waals surface area contributed by atoms with Gasteiger partial charge in [-0.15, -0.1) is 0 Å². The van der Waals surface area contributed by atoms with Crippen molar-refractivity contribution in [1.29, 1.82) is 0 Å². The van der Waals surface area contributed by atoms with Crippen molar-refractivity contribution in [1.82, 2.24) is 4.90 Å². The van der Waals surface area contributed by atoms with E-state index in [0.717, 1.165) is 23.7 Å². The number of hydrogen-bond donors (Lipinski definition) is 0. The molecule has 3 rings (SSSR count). The molecule has 0 amide bonds.